The number of aromatic nitrogens is 3. The van der Waals surface area contributed by atoms with E-state index in [0.717, 1.165) is 24.2 Å². The maximum absolute atomic E-state index is 12.7. The zero-order valence-electron chi connectivity index (χ0n) is 14.0. The number of hydrogen-bond donors (Lipinski definition) is 2. The number of amides is 1. The lowest BCUT2D eigenvalue weighted by Crippen LogP contribution is -2.27. The molecule has 1 amide bonds. The van der Waals surface area contributed by atoms with E-state index in [9.17, 15) is 9.59 Å². The average molecular weight is 340 g/mol. The van der Waals surface area contributed by atoms with Crippen molar-refractivity contribution in [2.75, 3.05) is 5.32 Å². The van der Waals surface area contributed by atoms with Crippen molar-refractivity contribution < 1.29 is 14.7 Å². The highest BCUT2D eigenvalue weighted by Gasteiger charge is 2.41. The van der Waals surface area contributed by atoms with Crippen molar-refractivity contribution in [3.05, 3.63) is 41.2 Å². The summed E-state index contributed by atoms with van der Waals surface area (Å²) in [6, 6.07) is 7.64. The van der Waals surface area contributed by atoms with Crippen LogP contribution in [0.1, 0.15) is 47.9 Å². The van der Waals surface area contributed by atoms with Crippen LogP contribution in [0.15, 0.2) is 24.3 Å². The molecule has 1 aromatic heterocycles. The summed E-state index contributed by atoms with van der Waals surface area (Å²) in [5, 5.41) is 16.2. The molecule has 1 aromatic carbocycles. The van der Waals surface area contributed by atoms with Gasteiger partial charge in [-0.1, -0.05) is 25.1 Å². The fourth-order valence-corrected chi connectivity index (χ4v) is 3.40. The van der Waals surface area contributed by atoms with Gasteiger partial charge in [-0.05, 0) is 36.3 Å². The molecule has 1 aliphatic heterocycles. The number of benzene rings is 1. The summed E-state index contributed by atoms with van der Waals surface area (Å²) in [6.07, 6.45) is 3.27. The molecule has 25 heavy (non-hydrogen) atoms. The summed E-state index contributed by atoms with van der Waals surface area (Å²) in [4.78, 5) is 28.2. The molecule has 0 saturated heterocycles. The van der Waals surface area contributed by atoms with E-state index in [1.165, 1.54) is 0 Å². The normalized spacial score (nSPS) is 20.6. The van der Waals surface area contributed by atoms with Crippen LogP contribution in [-0.4, -0.2) is 31.7 Å². The molecule has 1 fully saturated rings. The molecule has 1 unspecified atom stereocenters. The number of anilines is 1. The molecule has 2 heterocycles. The molecular formula is C18H20N4O3. The van der Waals surface area contributed by atoms with E-state index >= 15 is 0 Å². The first-order valence-corrected chi connectivity index (χ1v) is 8.54. The second kappa shape index (κ2) is 5.68. The lowest BCUT2D eigenvalue weighted by Gasteiger charge is -2.18. The topological polar surface area (TPSA) is 97.1 Å². The quantitative estimate of drug-likeness (QED) is 0.889. The molecule has 0 spiro atoms. The molecule has 1 saturated carbocycles. The first-order valence-electron chi connectivity index (χ1n) is 8.54. The first kappa shape index (κ1) is 15.8. The number of nitrogens with one attached hydrogen (secondary N) is 1. The molecule has 4 rings (SSSR count). The number of rotatable bonds is 4. The molecule has 130 valence electrons. The lowest BCUT2D eigenvalue weighted by atomic mass is 9.93. The summed E-state index contributed by atoms with van der Waals surface area (Å²) in [6.45, 7) is 2.46. The summed E-state index contributed by atoms with van der Waals surface area (Å²) < 4.78 is 1.59. The van der Waals surface area contributed by atoms with E-state index in [1.54, 1.807) is 4.68 Å². The molecule has 1 atom stereocenters. The van der Waals surface area contributed by atoms with Crippen molar-refractivity contribution in [2.24, 2.45) is 5.92 Å². The SMILES string of the molecule is CC1(c2ccccc2C(=O)Nc2nc3n(n2)CC(C(=O)O)CC3)CC1. The van der Waals surface area contributed by atoms with Gasteiger partial charge in [0, 0.05) is 12.0 Å². The highest BCUT2D eigenvalue weighted by atomic mass is 16.4. The Balaban J connectivity index is 1.54. The van der Waals surface area contributed by atoms with E-state index < -0.39 is 11.9 Å². The number of fused-ring (bicyclic) bond motifs is 1. The van der Waals surface area contributed by atoms with Crippen LogP contribution in [-0.2, 0) is 23.2 Å². The van der Waals surface area contributed by atoms with Crippen molar-refractivity contribution >= 4 is 17.8 Å². The summed E-state index contributed by atoms with van der Waals surface area (Å²) in [5.74, 6) is -0.537. The number of aryl methyl sites for hydroxylation is 1. The Morgan fingerprint density at radius 3 is 2.80 bits per heavy atom. The van der Waals surface area contributed by atoms with Gasteiger partial charge in [-0.25, -0.2) is 4.68 Å². The van der Waals surface area contributed by atoms with E-state index in [2.05, 4.69) is 22.3 Å². The molecule has 7 nitrogen and oxygen atoms in total. The van der Waals surface area contributed by atoms with Crippen molar-refractivity contribution in [3.63, 3.8) is 0 Å². The first-order chi connectivity index (χ1) is 12.0. The fraction of sp³-hybridized carbons (Fsp3) is 0.444. The third-order valence-electron chi connectivity index (χ3n) is 5.25. The van der Waals surface area contributed by atoms with Crippen LogP contribution in [0, 0.1) is 5.92 Å². The van der Waals surface area contributed by atoms with Gasteiger partial charge in [0.1, 0.15) is 5.82 Å². The lowest BCUT2D eigenvalue weighted by molar-refractivity contribution is -0.142. The largest absolute Gasteiger partial charge is 0.481 e. The molecule has 1 aliphatic carbocycles. The predicted molar refractivity (Wildman–Crippen MR) is 90.5 cm³/mol. The van der Waals surface area contributed by atoms with Gasteiger partial charge in [0.05, 0.1) is 12.5 Å². The van der Waals surface area contributed by atoms with Gasteiger partial charge in [-0.15, -0.1) is 5.10 Å². The van der Waals surface area contributed by atoms with Crippen LogP contribution in [0.25, 0.3) is 0 Å². The maximum Gasteiger partial charge on any atom is 0.308 e. The standard InChI is InChI=1S/C18H20N4O3/c1-18(8-9-18)13-5-3-2-4-12(13)15(23)20-17-19-14-7-6-11(16(24)25)10-22(14)21-17/h2-5,11H,6-10H2,1H3,(H,24,25)(H,20,21,23). The van der Waals surface area contributed by atoms with Crippen LogP contribution in [0.3, 0.4) is 0 Å². The average Bonchev–Trinajstić information content (AvgIpc) is 3.22. The maximum atomic E-state index is 12.7. The van der Waals surface area contributed by atoms with Crippen molar-refractivity contribution in [3.8, 4) is 0 Å². The van der Waals surface area contributed by atoms with Gasteiger partial charge < -0.3 is 5.11 Å². The highest BCUT2D eigenvalue weighted by Crippen LogP contribution is 2.48. The third kappa shape index (κ3) is 2.90. The number of nitrogens with zero attached hydrogens (tertiary/aromatic N) is 3. The number of carbonyl (C=O) groups excluding carboxylic acids is 1. The Labute approximate surface area is 145 Å². The molecule has 2 aliphatic rings. The Morgan fingerprint density at radius 2 is 2.08 bits per heavy atom. The summed E-state index contributed by atoms with van der Waals surface area (Å²) >= 11 is 0. The fourth-order valence-electron chi connectivity index (χ4n) is 3.40. The van der Waals surface area contributed by atoms with Crippen LogP contribution in [0.5, 0.6) is 0 Å². The smallest absolute Gasteiger partial charge is 0.308 e. The van der Waals surface area contributed by atoms with E-state index in [0.29, 0.717) is 24.9 Å². The molecule has 2 N–H and O–H groups in total. The van der Waals surface area contributed by atoms with Crippen LogP contribution in [0.4, 0.5) is 5.95 Å². The van der Waals surface area contributed by atoms with Crippen LogP contribution < -0.4 is 5.32 Å². The number of carboxylic acid groups (broad SMARTS) is 1. The van der Waals surface area contributed by atoms with Crippen molar-refractivity contribution in [1.82, 2.24) is 14.8 Å². The zero-order valence-corrected chi connectivity index (χ0v) is 14.0. The number of carboxylic acids is 1. The molecule has 2 aromatic rings. The number of aliphatic carboxylic acids is 1. The molecule has 7 heteroatoms. The second-order valence-electron chi connectivity index (χ2n) is 7.17. The monoisotopic (exact) mass is 340 g/mol. The van der Waals surface area contributed by atoms with Gasteiger partial charge in [-0.2, -0.15) is 4.98 Å². The van der Waals surface area contributed by atoms with E-state index in [1.807, 2.05) is 24.3 Å². The van der Waals surface area contributed by atoms with Gasteiger partial charge in [-0.3, -0.25) is 14.9 Å². The van der Waals surface area contributed by atoms with Crippen molar-refractivity contribution in [1.29, 1.82) is 0 Å². The van der Waals surface area contributed by atoms with Crippen LogP contribution in [0.2, 0.25) is 0 Å². The minimum atomic E-state index is -0.821. The molecular weight excluding hydrogens is 320 g/mol. The molecule has 0 bridgehead atoms. The third-order valence-corrected chi connectivity index (χ3v) is 5.25. The van der Waals surface area contributed by atoms with Gasteiger partial charge >= 0.3 is 5.97 Å². The Morgan fingerprint density at radius 1 is 1.32 bits per heavy atom. The van der Waals surface area contributed by atoms with Gasteiger partial charge in [0.15, 0.2) is 0 Å². The summed E-state index contributed by atoms with van der Waals surface area (Å²) in [5.41, 5.74) is 1.80. The predicted octanol–water partition coefficient (Wildman–Crippen LogP) is 2.23. The Hall–Kier alpha value is -2.70. The Bertz CT molecular complexity index is 854. The van der Waals surface area contributed by atoms with Crippen molar-refractivity contribution in [2.45, 2.75) is 44.6 Å². The minimum Gasteiger partial charge on any atom is -0.481 e. The van der Waals surface area contributed by atoms with E-state index in [-0.39, 0.29) is 17.3 Å². The zero-order chi connectivity index (χ0) is 17.6. The highest BCUT2D eigenvalue weighted by molar-refractivity contribution is 6.04. The second-order valence-corrected chi connectivity index (χ2v) is 7.17. The Kier molecular flexibility index (Phi) is 3.59. The van der Waals surface area contributed by atoms with Gasteiger partial charge in [0.25, 0.3) is 5.91 Å². The van der Waals surface area contributed by atoms with Gasteiger partial charge in [0.2, 0.25) is 5.95 Å². The number of carbonyl (C=O) groups is 2. The van der Waals surface area contributed by atoms with E-state index in [4.69, 9.17) is 5.11 Å². The molecule has 0 radical (unpaired) electrons. The number of hydrogen-bond acceptors (Lipinski definition) is 4. The van der Waals surface area contributed by atoms with Crippen LogP contribution >= 0.6 is 0 Å². The summed E-state index contributed by atoms with van der Waals surface area (Å²) in [7, 11) is 0. The minimum absolute atomic E-state index is 0.0868.